The molecule has 3 aliphatic rings. The van der Waals surface area contributed by atoms with Gasteiger partial charge in [-0.25, -0.2) is 4.39 Å². The highest BCUT2D eigenvalue weighted by molar-refractivity contribution is 5.78. The molecule has 4 nitrogen and oxygen atoms in total. The van der Waals surface area contributed by atoms with Crippen molar-refractivity contribution in [3.63, 3.8) is 0 Å². The summed E-state index contributed by atoms with van der Waals surface area (Å²) in [6.45, 7) is 4.45. The number of rotatable bonds is 3. The molecular weight excluding hydrogens is 331 g/mol. The van der Waals surface area contributed by atoms with Crippen LogP contribution in [0.1, 0.15) is 51.0 Å². The van der Waals surface area contributed by atoms with Gasteiger partial charge < -0.3 is 10.0 Å². The first-order valence-electron chi connectivity index (χ1n) is 9.96. The molecular formula is C21H29FN2O2. The fraction of sp³-hybridized carbons (Fsp3) is 0.667. The second kappa shape index (κ2) is 6.93. The first-order valence-corrected chi connectivity index (χ1v) is 9.96. The number of carbonyl (C=O) groups excluding carboxylic acids is 1. The minimum atomic E-state index is -0.904. The maximum atomic E-state index is 13.2. The predicted octanol–water partition coefficient (Wildman–Crippen LogP) is 2.90. The molecule has 0 saturated carbocycles. The summed E-state index contributed by atoms with van der Waals surface area (Å²) in [5.41, 5.74) is -0.106. The highest BCUT2D eigenvalue weighted by Gasteiger charge is 2.48. The number of halogens is 1. The van der Waals surface area contributed by atoms with Gasteiger partial charge in [-0.1, -0.05) is 19.1 Å². The minimum Gasteiger partial charge on any atom is -0.385 e. The number of amides is 1. The van der Waals surface area contributed by atoms with Gasteiger partial charge in [-0.15, -0.1) is 0 Å². The molecule has 26 heavy (non-hydrogen) atoms. The Morgan fingerprint density at radius 1 is 1.19 bits per heavy atom. The molecule has 1 aromatic carbocycles. The van der Waals surface area contributed by atoms with E-state index in [4.69, 9.17) is 0 Å². The van der Waals surface area contributed by atoms with E-state index in [0.717, 1.165) is 37.9 Å². The van der Waals surface area contributed by atoms with Gasteiger partial charge in [0.05, 0.1) is 12.1 Å². The molecule has 0 spiro atoms. The zero-order valence-corrected chi connectivity index (χ0v) is 15.5. The van der Waals surface area contributed by atoms with Crippen molar-refractivity contribution in [2.75, 3.05) is 19.6 Å². The van der Waals surface area contributed by atoms with E-state index in [9.17, 15) is 14.3 Å². The lowest BCUT2D eigenvalue weighted by molar-refractivity contribution is -0.137. The van der Waals surface area contributed by atoms with Crippen molar-refractivity contribution in [3.05, 3.63) is 35.6 Å². The predicted molar refractivity (Wildman–Crippen MR) is 98.0 cm³/mol. The van der Waals surface area contributed by atoms with Crippen LogP contribution in [-0.2, 0) is 10.4 Å². The lowest BCUT2D eigenvalue weighted by atomic mass is 9.80. The van der Waals surface area contributed by atoms with Crippen LogP contribution in [0.5, 0.6) is 0 Å². The van der Waals surface area contributed by atoms with Crippen molar-refractivity contribution >= 4 is 5.91 Å². The summed E-state index contributed by atoms with van der Waals surface area (Å²) in [5, 5.41) is 11.2. The number of benzene rings is 1. The highest BCUT2D eigenvalue weighted by Crippen LogP contribution is 2.45. The summed E-state index contributed by atoms with van der Waals surface area (Å²) in [4.78, 5) is 17.1. The molecule has 142 valence electrons. The molecule has 3 aliphatic heterocycles. The van der Waals surface area contributed by atoms with Crippen molar-refractivity contribution in [2.45, 2.75) is 63.1 Å². The fourth-order valence-electron chi connectivity index (χ4n) is 5.24. The number of hydrogen-bond donors (Lipinski definition) is 1. The van der Waals surface area contributed by atoms with Crippen LogP contribution < -0.4 is 0 Å². The normalized spacial score (nSPS) is 34.9. The Morgan fingerprint density at radius 2 is 1.85 bits per heavy atom. The van der Waals surface area contributed by atoms with E-state index in [-0.39, 0.29) is 23.8 Å². The van der Waals surface area contributed by atoms with Gasteiger partial charge in [-0.3, -0.25) is 9.69 Å². The molecule has 3 fully saturated rings. The molecule has 0 radical (unpaired) electrons. The standard InChI is InChI=1S/C21H29FN2O2/c1-15-3-2-10-23(13-15)20(25)14-24-18-8-9-19(24)12-21(26,11-18)16-4-6-17(22)7-5-16/h4-7,15,18-19,26H,2-3,8-14H2,1H3/t15-,18-,19+,21?/m0/s1. The Labute approximate surface area is 155 Å². The van der Waals surface area contributed by atoms with E-state index in [2.05, 4.69) is 11.8 Å². The molecule has 1 aromatic rings. The average Bonchev–Trinajstić information content (AvgIpc) is 2.86. The van der Waals surface area contributed by atoms with Gasteiger partial charge in [-0.05, 0) is 62.1 Å². The number of nitrogens with zero attached hydrogens (tertiary/aromatic N) is 2. The molecule has 1 N–H and O–H groups in total. The third-order valence-corrected chi connectivity index (χ3v) is 6.63. The van der Waals surface area contributed by atoms with Crippen LogP contribution >= 0.6 is 0 Å². The molecule has 0 aliphatic carbocycles. The highest BCUT2D eigenvalue weighted by atomic mass is 19.1. The van der Waals surface area contributed by atoms with E-state index >= 15 is 0 Å². The van der Waals surface area contributed by atoms with E-state index in [0.29, 0.717) is 25.3 Å². The Morgan fingerprint density at radius 3 is 2.46 bits per heavy atom. The topological polar surface area (TPSA) is 43.8 Å². The van der Waals surface area contributed by atoms with Gasteiger partial charge >= 0.3 is 0 Å². The van der Waals surface area contributed by atoms with Crippen molar-refractivity contribution < 1.29 is 14.3 Å². The molecule has 1 unspecified atom stereocenters. The zero-order valence-electron chi connectivity index (χ0n) is 15.5. The van der Waals surface area contributed by atoms with E-state index in [1.807, 2.05) is 4.90 Å². The van der Waals surface area contributed by atoms with Gasteiger partial charge in [0, 0.05) is 25.2 Å². The average molecular weight is 360 g/mol. The second-order valence-corrected chi connectivity index (χ2v) is 8.59. The Bertz CT molecular complexity index is 648. The first-order chi connectivity index (χ1) is 12.4. The SMILES string of the molecule is C[C@H]1CCCN(C(=O)CN2[C@@H]3CC[C@H]2CC(O)(c2ccc(F)cc2)C3)C1. The van der Waals surface area contributed by atoms with Gasteiger partial charge in [-0.2, -0.15) is 0 Å². The number of hydrogen-bond acceptors (Lipinski definition) is 3. The summed E-state index contributed by atoms with van der Waals surface area (Å²) in [6, 6.07) is 6.70. The summed E-state index contributed by atoms with van der Waals surface area (Å²) in [6.07, 6.45) is 5.61. The third-order valence-electron chi connectivity index (χ3n) is 6.63. The molecule has 3 saturated heterocycles. The summed E-state index contributed by atoms with van der Waals surface area (Å²) < 4.78 is 13.2. The second-order valence-electron chi connectivity index (χ2n) is 8.59. The molecule has 4 rings (SSSR count). The van der Waals surface area contributed by atoms with Crippen LogP contribution in [0.3, 0.4) is 0 Å². The van der Waals surface area contributed by atoms with Crippen LogP contribution in [0, 0.1) is 11.7 Å². The van der Waals surface area contributed by atoms with Crippen molar-refractivity contribution in [1.29, 1.82) is 0 Å². The lowest BCUT2D eigenvalue weighted by Crippen LogP contribution is -2.53. The van der Waals surface area contributed by atoms with Crippen LogP contribution in [0.15, 0.2) is 24.3 Å². The molecule has 2 bridgehead atoms. The molecule has 3 heterocycles. The van der Waals surface area contributed by atoms with Gasteiger partial charge in [0.1, 0.15) is 5.82 Å². The number of carbonyl (C=O) groups is 1. The molecule has 0 aromatic heterocycles. The summed E-state index contributed by atoms with van der Waals surface area (Å²) >= 11 is 0. The van der Waals surface area contributed by atoms with E-state index in [1.165, 1.54) is 18.6 Å². The monoisotopic (exact) mass is 360 g/mol. The van der Waals surface area contributed by atoms with Crippen LogP contribution in [0.25, 0.3) is 0 Å². The number of fused-ring (bicyclic) bond motifs is 2. The number of likely N-dealkylation sites (tertiary alicyclic amines) is 1. The van der Waals surface area contributed by atoms with Gasteiger partial charge in [0.25, 0.3) is 0 Å². The maximum Gasteiger partial charge on any atom is 0.236 e. The van der Waals surface area contributed by atoms with Crippen LogP contribution in [-0.4, -0.2) is 52.5 Å². The van der Waals surface area contributed by atoms with Crippen molar-refractivity contribution in [1.82, 2.24) is 9.80 Å². The fourth-order valence-corrected chi connectivity index (χ4v) is 5.24. The Kier molecular flexibility index (Phi) is 4.78. The zero-order chi connectivity index (χ0) is 18.3. The van der Waals surface area contributed by atoms with Crippen LogP contribution in [0.4, 0.5) is 4.39 Å². The molecule has 1 amide bonds. The smallest absolute Gasteiger partial charge is 0.236 e. The number of piperidine rings is 2. The minimum absolute atomic E-state index is 0.231. The third kappa shape index (κ3) is 3.39. The largest absolute Gasteiger partial charge is 0.385 e. The molecule has 4 atom stereocenters. The van der Waals surface area contributed by atoms with E-state index < -0.39 is 5.60 Å². The lowest BCUT2D eigenvalue weighted by Gasteiger charge is -2.44. The Hall–Kier alpha value is -1.46. The van der Waals surface area contributed by atoms with Crippen LogP contribution in [0.2, 0.25) is 0 Å². The maximum absolute atomic E-state index is 13.2. The number of aliphatic hydroxyl groups is 1. The van der Waals surface area contributed by atoms with E-state index in [1.54, 1.807) is 12.1 Å². The van der Waals surface area contributed by atoms with Crippen molar-refractivity contribution in [3.8, 4) is 0 Å². The van der Waals surface area contributed by atoms with Crippen molar-refractivity contribution in [2.24, 2.45) is 5.92 Å². The summed E-state index contributed by atoms with van der Waals surface area (Å²) in [7, 11) is 0. The summed E-state index contributed by atoms with van der Waals surface area (Å²) in [5.74, 6) is 0.550. The van der Waals surface area contributed by atoms with Gasteiger partial charge in [0.15, 0.2) is 0 Å². The van der Waals surface area contributed by atoms with Gasteiger partial charge in [0.2, 0.25) is 5.91 Å². The molecule has 5 heteroatoms. The Balaban J connectivity index is 1.43. The quantitative estimate of drug-likeness (QED) is 0.901. The first kappa shape index (κ1) is 17.9.